The van der Waals surface area contributed by atoms with Gasteiger partial charge >= 0.3 is 5.69 Å². The summed E-state index contributed by atoms with van der Waals surface area (Å²) in [5, 5.41) is 13.9. The molecule has 0 unspecified atom stereocenters. The predicted molar refractivity (Wildman–Crippen MR) is 126 cm³/mol. The molecule has 2 aromatic carbocycles. The minimum Gasteiger partial charge on any atom is -0.497 e. The quantitative estimate of drug-likeness (QED) is 0.350. The molecule has 0 saturated carbocycles. The van der Waals surface area contributed by atoms with E-state index in [4.69, 9.17) is 14.2 Å². The molecule has 1 N–H and O–H groups in total. The zero-order chi connectivity index (χ0) is 25.1. The predicted octanol–water partition coefficient (Wildman–Crippen LogP) is 3.32. The number of nitro benzene ring substituents is 1. The maximum absolute atomic E-state index is 13.2. The van der Waals surface area contributed by atoms with Gasteiger partial charge in [0.05, 0.1) is 19.1 Å². The van der Waals surface area contributed by atoms with E-state index in [1.807, 2.05) is 26.0 Å². The molecule has 0 heterocycles. The first-order valence-electron chi connectivity index (χ1n) is 11.0. The Balaban J connectivity index is 2.25. The second-order valence-corrected chi connectivity index (χ2v) is 7.47. The Labute approximate surface area is 198 Å². The first kappa shape index (κ1) is 26.4. The summed E-state index contributed by atoms with van der Waals surface area (Å²) in [7, 11) is 2.87. The van der Waals surface area contributed by atoms with E-state index in [9.17, 15) is 19.7 Å². The Kier molecular flexibility index (Phi) is 10.1. The Morgan fingerprint density at radius 1 is 1.09 bits per heavy atom. The molecule has 0 aliphatic carbocycles. The third-order valence-electron chi connectivity index (χ3n) is 5.13. The maximum Gasteiger partial charge on any atom is 0.311 e. The number of nitrogens with zero attached hydrogens (tertiary/aromatic N) is 2. The average molecular weight is 474 g/mol. The third kappa shape index (κ3) is 7.09. The molecule has 2 amide bonds. The highest BCUT2D eigenvalue weighted by Crippen LogP contribution is 2.30. The molecule has 0 aliphatic rings. The van der Waals surface area contributed by atoms with Crippen molar-refractivity contribution in [1.82, 2.24) is 10.2 Å². The number of carbonyl (C=O) groups is 2. The van der Waals surface area contributed by atoms with Crippen LogP contribution in [0.5, 0.6) is 17.2 Å². The fraction of sp³-hybridized carbons (Fsp3) is 0.417. The second kappa shape index (κ2) is 13.0. The normalized spacial score (nSPS) is 11.3. The molecule has 0 saturated heterocycles. The summed E-state index contributed by atoms with van der Waals surface area (Å²) in [6, 6.07) is 10.6. The summed E-state index contributed by atoms with van der Waals surface area (Å²) in [5.74, 6) is 0.257. The number of methoxy groups -OCH3 is 2. The lowest BCUT2D eigenvalue weighted by Crippen LogP contribution is -2.50. The van der Waals surface area contributed by atoms with E-state index in [-0.39, 0.29) is 36.2 Å². The van der Waals surface area contributed by atoms with Crippen molar-refractivity contribution in [2.45, 2.75) is 39.3 Å². The van der Waals surface area contributed by atoms with Gasteiger partial charge in [-0.15, -0.1) is 0 Å². The van der Waals surface area contributed by atoms with Crippen LogP contribution in [0.1, 0.15) is 32.3 Å². The summed E-state index contributed by atoms with van der Waals surface area (Å²) < 4.78 is 15.9. The Morgan fingerprint density at radius 3 is 2.47 bits per heavy atom. The molecule has 10 heteroatoms. The SMILES string of the molecule is CCCNC(=O)[C@@H](CC)N(Cc1cccc(OC)c1)C(=O)COc1ccc([N+](=O)[O-])c(OC)c1. The van der Waals surface area contributed by atoms with Gasteiger partial charge in [0, 0.05) is 25.2 Å². The van der Waals surface area contributed by atoms with Gasteiger partial charge in [-0.3, -0.25) is 19.7 Å². The van der Waals surface area contributed by atoms with E-state index in [0.29, 0.717) is 18.7 Å². The van der Waals surface area contributed by atoms with E-state index in [1.54, 1.807) is 19.2 Å². The van der Waals surface area contributed by atoms with Crippen LogP contribution in [0.2, 0.25) is 0 Å². The van der Waals surface area contributed by atoms with Gasteiger partial charge in [0.1, 0.15) is 17.5 Å². The zero-order valence-electron chi connectivity index (χ0n) is 19.9. The topological polar surface area (TPSA) is 120 Å². The van der Waals surface area contributed by atoms with Gasteiger partial charge in [0.15, 0.2) is 6.61 Å². The molecule has 0 bridgehead atoms. The van der Waals surface area contributed by atoms with Crippen molar-refractivity contribution < 1.29 is 28.7 Å². The van der Waals surface area contributed by atoms with Gasteiger partial charge in [0.25, 0.3) is 5.91 Å². The number of carbonyl (C=O) groups excluding carboxylic acids is 2. The van der Waals surface area contributed by atoms with Crippen LogP contribution in [-0.2, 0) is 16.1 Å². The van der Waals surface area contributed by atoms with Crippen LogP contribution in [0.25, 0.3) is 0 Å². The van der Waals surface area contributed by atoms with Crippen molar-refractivity contribution in [3.05, 3.63) is 58.1 Å². The molecule has 0 aliphatic heterocycles. The highest BCUT2D eigenvalue weighted by Gasteiger charge is 2.29. The van der Waals surface area contributed by atoms with Crippen LogP contribution in [0.4, 0.5) is 5.69 Å². The van der Waals surface area contributed by atoms with Gasteiger partial charge < -0.3 is 24.4 Å². The van der Waals surface area contributed by atoms with Crippen molar-refractivity contribution in [3.8, 4) is 17.2 Å². The first-order chi connectivity index (χ1) is 16.3. The van der Waals surface area contributed by atoms with E-state index in [1.165, 1.54) is 30.2 Å². The van der Waals surface area contributed by atoms with Crippen molar-refractivity contribution in [3.63, 3.8) is 0 Å². The van der Waals surface area contributed by atoms with Crippen molar-refractivity contribution in [2.24, 2.45) is 0 Å². The largest absolute Gasteiger partial charge is 0.497 e. The van der Waals surface area contributed by atoms with Gasteiger partial charge in [-0.25, -0.2) is 0 Å². The molecule has 0 spiro atoms. The number of nitro groups is 1. The fourth-order valence-electron chi connectivity index (χ4n) is 3.38. The highest BCUT2D eigenvalue weighted by molar-refractivity contribution is 5.88. The van der Waals surface area contributed by atoms with Crippen LogP contribution < -0.4 is 19.5 Å². The molecule has 184 valence electrons. The Morgan fingerprint density at radius 2 is 1.85 bits per heavy atom. The lowest BCUT2D eigenvalue weighted by molar-refractivity contribution is -0.385. The van der Waals surface area contributed by atoms with E-state index in [2.05, 4.69) is 5.32 Å². The minimum absolute atomic E-state index is 0.0218. The minimum atomic E-state index is -0.694. The molecule has 2 aromatic rings. The number of amides is 2. The summed E-state index contributed by atoms with van der Waals surface area (Å²) in [6.07, 6.45) is 1.19. The fourth-order valence-corrected chi connectivity index (χ4v) is 3.38. The molecule has 34 heavy (non-hydrogen) atoms. The van der Waals surface area contributed by atoms with Crippen molar-refractivity contribution in [2.75, 3.05) is 27.4 Å². The second-order valence-electron chi connectivity index (χ2n) is 7.47. The van der Waals surface area contributed by atoms with E-state index < -0.39 is 16.9 Å². The zero-order valence-corrected chi connectivity index (χ0v) is 19.9. The molecule has 0 fully saturated rings. The first-order valence-corrected chi connectivity index (χ1v) is 11.0. The Bertz CT molecular complexity index is 996. The number of nitrogens with one attached hydrogen (secondary N) is 1. The Hall–Kier alpha value is -3.82. The van der Waals surface area contributed by atoms with Crippen LogP contribution in [0.3, 0.4) is 0 Å². The summed E-state index contributed by atoms with van der Waals surface area (Å²) in [5.41, 5.74) is 0.589. The van der Waals surface area contributed by atoms with Crippen LogP contribution in [-0.4, -0.2) is 55.1 Å². The molecule has 0 aromatic heterocycles. The van der Waals surface area contributed by atoms with Crippen LogP contribution >= 0.6 is 0 Å². The molecular weight excluding hydrogens is 442 g/mol. The lowest BCUT2D eigenvalue weighted by Gasteiger charge is -2.30. The van der Waals surface area contributed by atoms with Gasteiger partial charge in [-0.2, -0.15) is 0 Å². The van der Waals surface area contributed by atoms with Crippen molar-refractivity contribution in [1.29, 1.82) is 0 Å². The molecule has 2 rings (SSSR count). The lowest BCUT2D eigenvalue weighted by atomic mass is 10.1. The van der Waals surface area contributed by atoms with Crippen LogP contribution in [0.15, 0.2) is 42.5 Å². The number of rotatable bonds is 13. The summed E-state index contributed by atoms with van der Waals surface area (Å²) in [4.78, 5) is 38.0. The van der Waals surface area contributed by atoms with Gasteiger partial charge in [-0.1, -0.05) is 26.0 Å². The summed E-state index contributed by atoms with van der Waals surface area (Å²) >= 11 is 0. The molecular formula is C24H31N3O7. The van der Waals surface area contributed by atoms with Crippen LogP contribution in [0, 0.1) is 10.1 Å². The average Bonchev–Trinajstić information content (AvgIpc) is 2.85. The smallest absolute Gasteiger partial charge is 0.311 e. The summed E-state index contributed by atoms with van der Waals surface area (Å²) in [6.45, 7) is 4.12. The number of benzene rings is 2. The van der Waals surface area contributed by atoms with E-state index in [0.717, 1.165) is 12.0 Å². The number of ether oxygens (including phenoxy) is 3. The third-order valence-corrected chi connectivity index (χ3v) is 5.13. The highest BCUT2D eigenvalue weighted by atomic mass is 16.6. The number of hydrogen-bond acceptors (Lipinski definition) is 7. The van der Waals surface area contributed by atoms with Gasteiger partial charge in [0.2, 0.25) is 11.7 Å². The number of hydrogen-bond donors (Lipinski definition) is 1. The maximum atomic E-state index is 13.2. The van der Waals surface area contributed by atoms with Crippen molar-refractivity contribution >= 4 is 17.5 Å². The standard InChI is InChI=1S/C24H31N3O7/c1-5-12-25-24(29)20(6-2)26(15-17-8-7-9-18(13-17)32-3)23(28)16-34-19-10-11-21(27(30)31)22(14-19)33-4/h7-11,13-14,20H,5-6,12,15-16H2,1-4H3,(H,25,29)/t20-/m1/s1. The molecule has 1 atom stereocenters. The molecule has 10 nitrogen and oxygen atoms in total. The van der Waals surface area contributed by atoms with Gasteiger partial charge in [-0.05, 0) is 36.6 Å². The monoisotopic (exact) mass is 473 g/mol. The molecule has 0 radical (unpaired) electrons. The van der Waals surface area contributed by atoms with E-state index >= 15 is 0 Å².